The molecule has 2 N–H and O–H groups in total. The van der Waals surface area contributed by atoms with E-state index in [1.54, 1.807) is 10.9 Å². The van der Waals surface area contributed by atoms with Crippen LogP contribution in [0, 0.1) is 0 Å². The largest absolute Gasteiger partial charge is 0.328 e. The first kappa shape index (κ1) is 12.1. The molecular weight excluding hydrogens is 294 g/mol. The maximum atomic E-state index is 11.4. The third-order valence-corrected chi connectivity index (χ3v) is 5.24. The lowest BCUT2D eigenvalue weighted by Gasteiger charge is -2.36. The van der Waals surface area contributed by atoms with Crippen molar-refractivity contribution in [3.63, 3.8) is 0 Å². The number of rotatable bonds is 2. The third-order valence-electron chi connectivity index (χ3n) is 3.17. The number of aromatic nitrogens is 2. The molecule has 1 aliphatic rings. The fourth-order valence-electron chi connectivity index (χ4n) is 2.01. The molecule has 1 saturated heterocycles. The van der Waals surface area contributed by atoms with E-state index in [0.29, 0.717) is 19.4 Å². The molecule has 7 heteroatoms. The second kappa shape index (κ2) is 4.12. The van der Waals surface area contributed by atoms with Crippen molar-refractivity contribution in [2.24, 2.45) is 5.73 Å². The highest BCUT2D eigenvalue weighted by atomic mass is 79.9. The zero-order valence-electron chi connectivity index (χ0n) is 8.76. The van der Waals surface area contributed by atoms with Gasteiger partial charge in [-0.15, -0.1) is 0 Å². The van der Waals surface area contributed by atoms with Crippen molar-refractivity contribution >= 4 is 25.8 Å². The van der Waals surface area contributed by atoms with Crippen LogP contribution < -0.4 is 5.73 Å². The van der Waals surface area contributed by atoms with E-state index in [1.807, 2.05) is 6.20 Å². The number of nitrogens with zero attached hydrogens (tertiary/aromatic N) is 2. The summed E-state index contributed by atoms with van der Waals surface area (Å²) in [6, 6.07) is 0. The minimum Gasteiger partial charge on any atom is -0.328 e. The van der Waals surface area contributed by atoms with Crippen molar-refractivity contribution in [3.05, 3.63) is 16.9 Å². The summed E-state index contributed by atoms with van der Waals surface area (Å²) < 4.78 is 25.5. The predicted octanol–water partition coefficient (Wildman–Crippen LogP) is 0.508. The summed E-state index contributed by atoms with van der Waals surface area (Å²) >= 11 is 3.33. The summed E-state index contributed by atoms with van der Waals surface area (Å²) in [5.74, 6) is 0.392. The fourth-order valence-corrected chi connectivity index (χ4v) is 3.88. The molecular formula is C9H14BrN3O2S. The van der Waals surface area contributed by atoms with Gasteiger partial charge in [-0.3, -0.25) is 4.68 Å². The van der Waals surface area contributed by atoms with Crippen LogP contribution >= 0.6 is 15.9 Å². The zero-order valence-corrected chi connectivity index (χ0v) is 11.2. The van der Waals surface area contributed by atoms with E-state index >= 15 is 0 Å². The van der Waals surface area contributed by atoms with Crippen molar-refractivity contribution in [3.8, 4) is 0 Å². The van der Waals surface area contributed by atoms with E-state index < -0.39 is 9.84 Å². The van der Waals surface area contributed by atoms with E-state index in [0.717, 1.165) is 4.47 Å². The minimum atomic E-state index is -2.87. The van der Waals surface area contributed by atoms with E-state index in [4.69, 9.17) is 5.73 Å². The molecule has 0 amide bonds. The molecule has 2 rings (SSSR count). The SMILES string of the molecule is NCC1(n2cc(Br)cn2)CCS(=O)(=O)CC1. The molecule has 2 heterocycles. The van der Waals surface area contributed by atoms with Gasteiger partial charge >= 0.3 is 0 Å². The van der Waals surface area contributed by atoms with Gasteiger partial charge in [0, 0.05) is 12.7 Å². The molecule has 0 bridgehead atoms. The molecule has 1 aromatic heterocycles. The maximum Gasteiger partial charge on any atom is 0.150 e. The van der Waals surface area contributed by atoms with Crippen LogP contribution in [0.2, 0.25) is 0 Å². The molecule has 0 saturated carbocycles. The molecule has 5 nitrogen and oxygen atoms in total. The Morgan fingerprint density at radius 3 is 2.56 bits per heavy atom. The second-order valence-electron chi connectivity index (χ2n) is 4.18. The molecule has 90 valence electrons. The Kier molecular flexibility index (Phi) is 3.11. The monoisotopic (exact) mass is 307 g/mol. The van der Waals surface area contributed by atoms with Crippen molar-refractivity contribution in [2.45, 2.75) is 18.4 Å². The Labute approximate surface area is 103 Å². The Morgan fingerprint density at radius 1 is 1.50 bits per heavy atom. The van der Waals surface area contributed by atoms with Crippen molar-refractivity contribution in [1.82, 2.24) is 9.78 Å². The van der Waals surface area contributed by atoms with Gasteiger partial charge in [0.15, 0.2) is 9.84 Å². The van der Waals surface area contributed by atoms with E-state index in [-0.39, 0.29) is 17.0 Å². The molecule has 1 aliphatic heterocycles. The molecule has 0 spiro atoms. The molecule has 0 unspecified atom stereocenters. The van der Waals surface area contributed by atoms with E-state index in [1.165, 1.54) is 0 Å². The van der Waals surface area contributed by atoms with Gasteiger partial charge < -0.3 is 5.73 Å². The van der Waals surface area contributed by atoms with Crippen LogP contribution in [0.15, 0.2) is 16.9 Å². The summed E-state index contributed by atoms with van der Waals surface area (Å²) in [5, 5.41) is 4.23. The van der Waals surface area contributed by atoms with Gasteiger partial charge in [0.05, 0.1) is 27.7 Å². The zero-order chi connectivity index (χ0) is 11.8. The Morgan fingerprint density at radius 2 is 2.12 bits per heavy atom. The molecule has 16 heavy (non-hydrogen) atoms. The van der Waals surface area contributed by atoms with Crippen molar-refractivity contribution in [1.29, 1.82) is 0 Å². The van der Waals surface area contributed by atoms with Gasteiger partial charge in [-0.05, 0) is 28.8 Å². The Bertz CT molecular complexity index is 469. The first-order valence-electron chi connectivity index (χ1n) is 5.09. The van der Waals surface area contributed by atoms with Crippen LogP contribution in [0.4, 0.5) is 0 Å². The molecule has 0 aromatic carbocycles. The van der Waals surface area contributed by atoms with Gasteiger partial charge in [-0.1, -0.05) is 0 Å². The quantitative estimate of drug-likeness (QED) is 0.863. The van der Waals surface area contributed by atoms with Gasteiger partial charge in [-0.2, -0.15) is 5.10 Å². The standard InChI is InChI=1S/C9H14BrN3O2S/c10-8-5-12-13(6-8)9(7-11)1-3-16(14,15)4-2-9/h5-6H,1-4,7,11H2. The van der Waals surface area contributed by atoms with Crippen molar-refractivity contribution in [2.75, 3.05) is 18.1 Å². The third kappa shape index (κ3) is 2.16. The topological polar surface area (TPSA) is 78.0 Å². The van der Waals surface area contributed by atoms with Gasteiger partial charge in [-0.25, -0.2) is 8.42 Å². The van der Waals surface area contributed by atoms with Gasteiger partial charge in [0.2, 0.25) is 0 Å². The number of nitrogens with two attached hydrogens (primary N) is 1. The molecule has 0 aliphatic carbocycles. The van der Waals surface area contributed by atoms with Crippen molar-refractivity contribution < 1.29 is 8.42 Å². The average Bonchev–Trinajstić information content (AvgIpc) is 2.66. The minimum absolute atomic E-state index is 0.196. The van der Waals surface area contributed by atoms with E-state index in [2.05, 4.69) is 21.0 Å². The lowest BCUT2D eigenvalue weighted by atomic mass is 9.93. The number of hydrogen-bond donors (Lipinski definition) is 1. The van der Waals surface area contributed by atoms with Crippen LogP contribution in [-0.4, -0.2) is 36.2 Å². The van der Waals surface area contributed by atoms with E-state index in [9.17, 15) is 8.42 Å². The predicted molar refractivity (Wildman–Crippen MR) is 64.8 cm³/mol. The van der Waals surface area contributed by atoms with Crippen LogP contribution in [0.3, 0.4) is 0 Å². The molecule has 0 atom stereocenters. The first-order valence-corrected chi connectivity index (χ1v) is 7.70. The summed E-state index contributed by atoms with van der Waals surface area (Å²) in [7, 11) is -2.87. The van der Waals surface area contributed by atoms with Crippen LogP contribution in [0.5, 0.6) is 0 Å². The highest BCUT2D eigenvalue weighted by Crippen LogP contribution is 2.30. The smallest absolute Gasteiger partial charge is 0.150 e. The van der Waals surface area contributed by atoms with Gasteiger partial charge in [0.1, 0.15) is 0 Å². The van der Waals surface area contributed by atoms with Crippen LogP contribution in [-0.2, 0) is 15.4 Å². The van der Waals surface area contributed by atoms with Crippen LogP contribution in [0.25, 0.3) is 0 Å². The summed E-state index contributed by atoms with van der Waals surface area (Å²) in [5.41, 5.74) is 5.46. The summed E-state index contributed by atoms with van der Waals surface area (Å²) in [6.45, 7) is 0.413. The number of sulfone groups is 1. The Hall–Kier alpha value is -0.400. The lowest BCUT2D eigenvalue weighted by Crippen LogP contribution is -2.47. The number of halogens is 1. The van der Waals surface area contributed by atoms with Crippen LogP contribution in [0.1, 0.15) is 12.8 Å². The van der Waals surface area contributed by atoms with Gasteiger partial charge in [0.25, 0.3) is 0 Å². The lowest BCUT2D eigenvalue weighted by molar-refractivity contribution is 0.238. The highest BCUT2D eigenvalue weighted by Gasteiger charge is 2.38. The average molecular weight is 308 g/mol. The molecule has 0 radical (unpaired) electrons. The Balaban J connectivity index is 2.28. The first-order chi connectivity index (χ1) is 7.47. The molecule has 1 aromatic rings. The second-order valence-corrected chi connectivity index (χ2v) is 7.40. The molecule has 1 fully saturated rings. The maximum absolute atomic E-state index is 11.4. The normalized spacial score (nSPS) is 23.1. The summed E-state index contributed by atoms with van der Waals surface area (Å²) in [6.07, 6.45) is 4.63. The fraction of sp³-hybridized carbons (Fsp3) is 0.667. The summed E-state index contributed by atoms with van der Waals surface area (Å²) in [4.78, 5) is 0. The highest BCUT2D eigenvalue weighted by molar-refractivity contribution is 9.10. The number of hydrogen-bond acceptors (Lipinski definition) is 4.